The summed E-state index contributed by atoms with van der Waals surface area (Å²) in [7, 11) is 1.71. The lowest BCUT2D eigenvalue weighted by Gasteiger charge is -2.21. The molecule has 0 spiro atoms. The van der Waals surface area contributed by atoms with Gasteiger partial charge in [-0.15, -0.1) is 0 Å². The second-order valence-corrected chi connectivity index (χ2v) is 8.78. The van der Waals surface area contributed by atoms with E-state index < -0.39 is 11.7 Å². The Morgan fingerprint density at radius 1 is 1.22 bits per heavy atom. The summed E-state index contributed by atoms with van der Waals surface area (Å²) in [5.41, 5.74) is 8.70. The molecule has 4 aromatic rings. The van der Waals surface area contributed by atoms with Gasteiger partial charge in [0.1, 0.15) is 0 Å². The van der Waals surface area contributed by atoms with Crippen molar-refractivity contribution >= 4 is 27.5 Å². The molecule has 2 aromatic carbocycles. The number of nitrogens with zero attached hydrogens (tertiary/aromatic N) is 2. The van der Waals surface area contributed by atoms with Gasteiger partial charge in [-0.1, -0.05) is 29.5 Å². The van der Waals surface area contributed by atoms with Crippen LogP contribution in [0.4, 0.5) is 18.3 Å². The number of fused-ring (bicyclic) bond motifs is 1. The van der Waals surface area contributed by atoms with Crippen LogP contribution in [0.15, 0.2) is 53.5 Å². The summed E-state index contributed by atoms with van der Waals surface area (Å²) >= 11 is 1.46. The number of thiazole rings is 1. The van der Waals surface area contributed by atoms with Crippen LogP contribution < -0.4 is 16.7 Å². The Balaban J connectivity index is 1.42. The Labute approximate surface area is 185 Å². The molecule has 168 valence electrons. The van der Waals surface area contributed by atoms with Crippen LogP contribution in [-0.4, -0.2) is 26.6 Å². The summed E-state index contributed by atoms with van der Waals surface area (Å²) in [4.78, 5) is 19.9. The highest BCUT2D eigenvalue weighted by atomic mass is 32.1. The number of hydrogen-bond acceptors (Lipinski definition) is 5. The fourth-order valence-corrected chi connectivity index (χ4v) is 4.34. The van der Waals surface area contributed by atoms with Crippen molar-refractivity contribution in [3.8, 4) is 10.4 Å². The van der Waals surface area contributed by atoms with Crippen molar-refractivity contribution in [1.82, 2.24) is 14.5 Å². The number of aromatic nitrogens is 3. The number of anilines is 1. The highest BCUT2D eigenvalue weighted by Gasteiger charge is 2.30. The first-order valence-electron chi connectivity index (χ1n) is 9.95. The molecule has 0 bridgehead atoms. The molecule has 0 aliphatic heterocycles. The van der Waals surface area contributed by atoms with Crippen LogP contribution in [0.2, 0.25) is 0 Å². The number of H-pyrrole nitrogens is 1. The number of alkyl halides is 3. The number of nitrogens with two attached hydrogens (primary N) is 1. The van der Waals surface area contributed by atoms with Gasteiger partial charge >= 0.3 is 11.9 Å². The lowest BCUT2D eigenvalue weighted by molar-refractivity contribution is -0.137. The Kier molecular flexibility index (Phi) is 5.83. The van der Waals surface area contributed by atoms with Crippen LogP contribution >= 0.6 is 11.3 Å². The summed E-state index contributed by atoms with van der Waals surface area (Å²) < 4.78 is 39.7. The van der Waals surface area contributed by atoms with E-state index in [0.29, 0.717) is 11.6 Å². The summed E-state index contributed by atoms with van der Waals surface area (Å²) in [6, 6.07) is 10.3. The smallest absolute Gasteiger partial charge is 0.357 e. The van der Waals surface area contributed by atoms with Crippen molar-refractivity contribution in [2.75, 3.05) is 5.32 Å². The van der Waals surface area contributed by atoms with Crippen LogP contribution in [0.1, 0.15) is 18.1 Å². The molecule has 2 aromatic heterocycles. The SMILES string of the molecule is C[C@@H](Nc1ncc(-c2ccc3[nH]c(=O)n(C)c3c2)s1)[C@@H](N)Cc1ccc(C(F)(F)F)cc1. The average Bonchev–Trinajstić information content (AvgIpc) is 3.32. The molecule has 0 amide bonds. The van der Waals surface area contributed by atoms with Gasteiger partial charge in [0.05, 0.1) is 21.5 Å². The van der Waals surface area contributed by atoms with Gasteiger partial charge in [-0.3, -0.25) is 4.57 Å². The topological polar surface area (TPSA) is 88.7 Å². The van der Waals surface area contributed by atoms with Gasteiger partial charge in [0.15, 0.2) is 5.13 Å². The van der Waals surface area contributed by atoms with Gasteiger partial charge in [-0.25, -0.2) is 9.78 Å². The van der Waals surface area contributed by atoms with Crippen molar-refractivity contribution in [3.05, 3.63) is 70.3 Å². The number of aromatic amines is 1. The number of hydrogen-bond donors (Lipinski definition) is 3. The lowest BCUT2D eigenvalue weighted by Crippen LogP contribution is -2.39. The van der Waals surface area contributed by atoms with Crippen molar-refractivity contribution < 1.29 is 13.2 Å². The molecular weight excluding hydrogens is 439 g/mol. The van der Waals surface area contributed by atoms with E-state index in [2.05, 4.69) is 15.3 Å². The molecule has 0 aliphatic carbocycles. The van der Waals surface area contributed by atoms with E-state index in [1.807, 2.05) is 25.1 Å². The largest absolute Gasteiger partial charge is 0.416 e. The summed E-state index contributed by atoms with van der Waals surface area (Å²) in [5, 5.41) is 3.97. The Hall–Kier alpha value is -3.11. The highest BCUT2D eigenvalue weighted by Crippen LogP contribution is 2.31. The molecule has 0 radical (unpaired) electrons. The molecule has 2 atom stereocenters. The third kappa shape index (κ3) is 4.56. The molecule has 2 heterocycles. The maximum absolute atomic E-state index is 12.7. The molecule has 0 fully saturated rings. The Bertz CT molecular complexity index is 1290. The number of halogens is 3. The maximum atomic E-state index is 12.7. The van der Waals surface area contributed by atoms with Crippen molar-refractivity contribution in [3.63, 3.8) is 0 Å². The average molecular weight is 462 g/mol. The van der Waals surface area contributed by atoms with Gasteiger partial charge in [0.2, 0.25) is 0 Å². The van der Waals surface area contributed by atoms with Gasteiger partial charge in [0, 0.05) is 25.3 Å². The highest BCUT2D eigenvalue weighted by molar-refractivity contribution is 7.18. The number of nitrogens with one attached hydrogen (secondary N) is 2. The minimum absolute atomic E-state index is 0.149. The van der Waals surface area contributed by atoms with Crippen molar-refractivity contribution in [2.24, 2.45) is 12.8 Å². The Morgan fingerprint density at radius 3 is 2.62 bits per heavy atom. The summed E-state index contributed by atoms with van der Waals surface area (Å²) in [5.74, 6) is 0. The van der Waals surface area contributed by atoms with Crippen LogP contribution in [0.5, 0.6) is 0 Å². The first-order valence-corrected chi connectivity index (χ1v) is 10.8. The monoisotopic (exact) mass is 461 g/mol. The quantitative estimate of drug-likeness (QED) is 0.398. The molecule has 32 heavy (non-hydrogen) atoms. The second-order valence-electron chi connectivity index (χ2n) is 7.75. The van der Waals surface area contributed by atoms with E-state index in [0.717, 1.165) is 39.2 Å². The van der Waals surface area contributed by atoms with Crippen LogP contribution in [0, 0.1) is 0 Å². The van der Waals surface area contributed by atoms with Crippen LogP contribution in [0.3, 0.4) is 0 Å². The summed E-state index contributed by atoms with van der Waals surface area (Å²) in [6.45, 7) is 1.91. The van der Waals surface area contributed by atoms with Gasteiger partial charge in [-0.05, 0) is 48.7 Å². The fourth-order valence-electron chi connectivity index (χ4n) is 3.43. The van der Waals surface area contributed by atoms with E-state index >= 15 is 0 Å². The molecule has 6 nitrogen and oxygen atoms in total. The first-order chi connectivity index (χ1) is 15.1. The fraction of sp³-hybridized carbons (Fsp3) is 0.273. The normalized spacial score (nSPS) is 13.9. The minimum atomic E-state index is -4.35. The maximum Gasteiger partial charge on any atom is 0.416 e. The molecule has 0 saturated carbocycles. The van der Waals surface area contributed by atoms with Crippen LogP contribution in [0.25, 0.3) is 21.5 Å². The van der Waals surface area contributed by atoms with Gasteiger partial charge in [-0.2, -0.15) is 13.2 Å². The standard InChI is InChI=1S/C22H22F3N5OS/c1-12(16(26)9-13-3-6-15(7-4-13)22(23,24)25)28-20-27-11-19(32-20)14-5-8-17-18(10-14)30(2)21(31)29-17/h3-8,10-12,16H,9,26H2,1-2H3,(H,27,28)(H,29,31)/t12-,16+/m1/s1. The van der Waals surface area contributed by atoms with E-state index in [1.165, 1.54) is 23.5 Å². The third-order valence-corrected chi connectivity index (χ3v) is 6.42. The summed E-state index contributed by atoms with van der Waals surface area (Å²) in [6.07, 6.45) is -2.16. The van der Waals surface area contributed by atoms with E-state index in [4.69, 9.17) is 5.73 Å². The molecule has 10 heteroatoms. The van der Waals surface area contributed by atoms with E-state index in [-0.39, 0.29) is 17.8 Å². The molecule has 0 unspecified atom stereocenters. The molecule has 4 N–H and O–H groups in total. The number of rotatable bonds is 6. The molecule has 4 rings (SSSR count). The number of imidazole rings is 1. The predicted molar refractivity (Wildman–Crippen MR) is 121 cm³/mol. The van der Waals surface area contributed by atoms with Crippen molar-refractivity contribution in [1.29, 1.82) is 0 Å². The number of benzene rings is 2. The van der Waals surface area contributed by atoms with E-state index in [1.54, 1.807) is 17.8 Å². The minimum Gasteiger partial charge on any atom is -0.357 e. The molecular formula is C22H22F3N5OS. The van der Waals surface area contributed by atoms with Crippen molar-refractivity contribution in [2.45, 2.75) is 31.6 Å². The zero-order valence-electron chi connectivity index (χ0n) is 17.4. The third-order valence-electron chi connectivity index (χ3n) is 5.44. The van der Waals surface area contributed by atoms with Gasteiger partial charge < -0.3 is 16.0 Å². The predicted octanol–water partition coefficient (Wildman–Crippen LogP) is 4.38. The number of aryl methyl sites for hydroxylation is 1. The Morgan fingerprint density at radius 2 is 1.94 bits per heavy atom. The second kappa shape index (κ2) is 8.44. The van der Waals surface area contributed by atoms with Crippen LogP contribution in [-0.2, 0) is 19.6 Å². The molecule has 0 saturated heterocycles. The molecule has 0 aliphatic rings. The van der Waals surface area contributed by atoms with Gasteiger partial charge in [0.25, 0.3) is 0 Å². The lowest BCUT2D eigenvalue weighted by atomic mass is 10.0. The zero-order valence-corrected chi connectivity index (χ0v) is 18.2. The first kappa shape index (κ1) is 22.1. The van der Waals surface area contributed by atoms with E-state index in [9.17, 15) is 18.0 Å². The zero-order chi connectivity index (χ0) is 23.0.